The first-order valence-electron chi connectivity index (χ1n) is 29.2. The van der Waals surface area contributed by atoms with E-state index in [0.717, 1.165) is 72.3 Å². The molecule has 84 heavy (non-hydrogen) atoms. The van der Waals surface area contributed by atoms with E-state index in [1.54, 1.807) is 28.4 Å². The molecule has 10 rings (SSSR count). The van der Waals surface area contributed by atoms with Gasteiger partial charge in [-0.15, -0.1) is 11.3 Å². The molecule has 1 saturated carbocycles. The number of piperazine rings is 1. The highest BCUT2D eigenvalue weighted by atomic mass is 35.5. The zero-order chi connectivity index (χ0) is 59.8. The molecule has 448 valence electrons. The van der Waals surface area contributed by atoms with Crippen LogP contribution in [0.2, 0.25) is 5.02 Å². The number of rotatable bonds is 15. The molecule has 3 aliphatic heterocycles. The Morgan fingerprint density at radius 1 is 0.893 bits per heavy atom. The number of carbonyl (C=O) groups is 4. The van der Waals surface area contributed by atoms with Crippen molar-refractivity contribution in [1.82, 2.24) is 40.3 Å². The summed E-state index contributed by atoms with van der Waals surface area (Å²) in [4.78, 5) is 77.5. The Hall–Kier alpha value is -6.71. The first-order chi connectivity index (χ1) is 40.0. The van der Waals surface area contributed by atoms with Crippen molar-refractivity contribution in [2.24, 2.45) is 11.3 Å². The summed E-state index contributed by atoms with van der Waals surface area (Å²) in [6, 6.07) is 17.9. The molecule has 5 heterocycles. The highest BCUT2D eigenvalue weighted by molar-refractivity contribution is 7.13. The number of amides is 4. The Kier molecular flexibility index (Phi) is 18.0. The third-order valence-corrected chi connectivity index (χ3v) is 17.9. The second-order valence-electron chi connectivity index (χ2n) is 25.0. The predicted octanol–water partition coefficient (Wildman–Crippen LogP) is 9.84. The molecule has 0 spiro atoms. The van der Waals surface area contributed by atoms with Crippen molar-refractivity contribution >= 4 is 74.2 Å². The Bertz CT molecular complexity index is 3390. The SMILES string of the molecule is Cc1ncsc1-c1ccc([C@H](C)NC(=O)[C@@H]2C[C@@H](O)CN2C(=O)[C@@H](NC(=O)COCC2CCN([C@@H]3CCC[C@H]3Oc3nc(N4CCN(C(=O)OC(C)(C)C)CC4)c4cc(Cl)c(-c5cc(O)cc6ccccc56)c(F)c4n3)CC2)C(C)(C)C)cc1. The minimum atomic E-state index is -0.993. The van der Waals surface area contributed by atoms with Gasteiger partial charge in [0.05, 0.1) is 39.9 Å². The monoisotopic (exact) mass is 1190 g/mol. The van der Waals surface area contributed by atoms with Crippen LogP contribution in [0.3, 0.4) is 0 Å². The summed E-state index contributed by atoms with van der Waals surface area (Å²) in [5.41, 5.74) is 3.84. The number of halogens is 2. The Labute approximate surface area is 499 Å². The zero-order valence-corrected chi connectivity index (χ0v) is 50.7. The molecule has 4 fully saturated rings. The molecule has 4 amide bonds. The van der Waals surface area contributed by atoms with Crippen LogP contribution in [-0.4, -0.2) is 159 Å². The van der Waals surface area contributed by atoms with Crippen LogP contribution < -0.4 is 20.3 Å². The lowest BCUT2D eigenvalue weighted by Gasteiger charge is -2.38. The molecule has 0 bridgehead atoms. The number of hydrogen-bond acceptors (Lipinski definition) is 15. The van der Waals surface area contributed by atoms with Crippen molar-refractivity contribution in [3.05, 3.63) is 94.3 Å². The zero-order valence-electron chi connectivity index (χ0n) is 49.1. The molecule has 6 atom stereocenters. The number of fused-ring (bicyclic) bond motifs is 2. The normalized spacial score (nSPS) is 20.8. The number of thiazole rings is 1. The maximum atomic E-state index is 17.5. The van der Waals surface area contributed by atoms with Gasteiger partial charge in [-0.1, -0.05) is 80.9 Å². The number of β-amino-alcohol motifs (C(OH)–C–C–N with tert-alkyl or cyclic N) is 1. The summed E-state index contributed by atoms with van der Waals surface area (Å²) in [6.07, 6.45) is 2.64. The average Bonchev–Trinajstić information content (AvgIpc) is 1.51. The number of nitrogens with one attached hydrogen (secondary N) is 2. The smallest absolute Gasteiger partial charge is 0.410 e. The Morgan fingerprint density at radius 3 is 2.31 bits per heavy atom. The first kappa shape index (κ1) is 60.4. The van der Waals surface area contributed by atoms with Gasteiger partial charge in [0.2, 0.25) is 17.7 Å². The number of hydrogen-bond donors (Lipinski definition) is 4. The standard InChI is InChI=1S/C63H77ClFN9O9S/c1-36(39-16-18-40(19-17-39)55-37(2)66-35-84-55)67-58(78)49-30-43(76)32-74(49)59(79)56(62(3,4)5)68-51(77)34-81-33-38-20-22-71(23-21-38)48-14-11-15-50(48)82-60-69-54-46(57(70-60)72-24-26-73(27-25-72)61(80)83-63(6,7)8)31-47(64)52(53(54)65)45-29-42(75)28-41-12-9-10-13-44(41)45/h9-10,12-13,16-19,28-29,31,35-36,38,43,48-50,56,75-76H,11,14-15,20-27,30,32-34H2,1-8H3,(H,67,78)(H,68,77)/t36-,43+,48+,49-,50+,56+/m0/s1. The van der Waals surface area contributed by atoms with E-state index in [2.05, 4.69) is 20.5 Å². The molecule has 4 aromatic carbocycles. The quantitative estimate of drug-likeness (QED) is 0.0754. The van der Waals surface area contributed by atoms with Crippen molar-refractivity contribution in [3.63, 3.8) is 0 Å². The number of likely N-dealkylation sites (tertiary alicyclic amines) is 2. The van der Waals surface area contributed by atoms with Gasteiger partial charge in [-0.2, -0.15) is 9.97 Å². The van der Waals surface area contributed by atoms with Crippen LogP contribution in [0.4, 0.5) is 15.0 Å². The number of phenols is 1. The van der Waals surface area contributed by atoms with Gasteiger partial charge in [0.25, 0.3) is 0 Å². The fraction of sp³-hybridized carbons (Fsp3) is 0.508. The van der Waals surface area contributed by atoms with Crippen LogP contribution in [0.1, 0.15) is 104 Å². The van der Waals surface area contributed by atoms with Crippen molar-refractivity contribution in [3.8, 4) is 33.3 Å². The van der Waals surface area contributed by atoms with Crippen molar-refractivity contribution in [2.75, 3.05) is 63.9 Å². The lowest BCUT2D eigenvalue weighted by molar-refractivity contribution is -0.144. The van der Waals surface area contributed by atoms with Gasteiger partial charge in [-0.25, -0.2) is 14.2 Å². The van der Waals surface area contributed by atoms with E-state index < -0.39 is 52.9 Å². The molecule has 0 radical (unpaired) electrons. The van der Waals surface area contributed by atoms with Gasteiger partial charge in [0.1, 0.15) is 47.5 Å². The number of benzene rings is 4. The number of aromatic nitrogens is 3. The average molecular weight is 1190 g/mol. The molecule has 21 heteroatoms. The fourth-order valence-electron chi connectivity index (χ4n) is 12.2. The van der Waals surface area contributed by atoms with E-state index in [0.29, 0.717) is 54.9 Å². The van der Waals surface area contributed by atoms with Crippen LogP contribution in [0.5, 0.6) is 11.8 Å². The van der Waals surface area contributed by atoms with Crippen LogP contribution in [-0.2, 0) is 23.9 Å². The Morgan fingerprint density at radius 2 is 1.62 bits per heavy atom. The summed E-state index contributed by atoms with van der Waals surface area (Å²) in [5, 5.41) is 29.5. The van der Waals surface area contributed by atoms with Crippen LogP contribution >= 0.6 is 22.9 Å². The molecule has 3 saturated heterocycles. The summed E-state index contributed by atoms with van der Waals surface area (Å²) < 4.78 is 35.9. The highest BCUT2D eigenvalue weighted by Gasteiger charge is 2.45. The lowest BCUT2D eigenvalue weighted by atomic mass is 9.85. The van der Waals surface area contributed by atoms with Gasteiger partial charge in [-0.3, -0.25) is 19.3 Å². The number of ether oxygens (including phenoxy) is 3. The molecule has 1 aliphatic carbocycles. The number of aromatic hydroxyl groups is 1. The van der Waals surface area contributed by atoms with E-state index in [-0.39, 0.29) is 77.4 Å². The van der Waals surface area contributed by atoms with Gasteiger partial charge >= 0.3 is 12.1 Å². The van der Waals surface area contributed by atoms with Crippen LogP contribution in [0, 0.1) is 24.1 Å². The third-order valence-electron chi connectivity index (χ3n) is 16.6. The molecule has 2 aromatic heterocycles. The predicted molar refractivity (Wildman–Crippen MR) is 323 cm³/mol. The molecule has 18 nitrogen and oxygen atoms in total. The van der Waals surface area contributed by atoms with E-state index in [1.165, 1.54) is 11.0 Å². The summed E-state index contributed by atoms with van der Waals surface area (Å²) >= 11 is 8.60. The minimum Gasteiger partial charge on any atom is -0.508 e. The number of aryl methyl sites for hydroxylation is 1. The third kappa shape index (κ3) is 13.5. The van der Waals surface area contributed by atoms with Crippen LogP contribution in [0.25, 0.3) is 43.2 Å². The topological polar surface area (TPSA) is 212 Å². The summed E-state index contributed by atoms with van der Waals surface area (Å²) in [7, 11) is 0. The van der Waals surface area contributed by atoms with Crippen molar-refractivity contribution < 1.29 is 48.0 Å². The number of aliphatic hydroxyl groups is 1. The van der Waals surface area contributed by atoms with Gasteiger partial charge in [-0.05, 0) is 137 Å². The second-order valence-corrected chi connectivity index (χ2v) is 26.2. The van der Waals surface area contributed by atoms with E-state index >= 15 is 4.39 Å². The number of nitrogens with zero attached hydrogens (tertiary/aromatic N) is 7. The number of carbonyl (C=O) groups excluding carboxylic acids is 4. The van der Waals surface area contributed by atoms with Gasteiger partial charge in [0, 0.05) is 56.1 Å². The maximum absolute atomic E-state index is 17.5. The van der Waals surface area contributed by atoms with Crippen molar-refractivity contribution in [1.29, 1.82) is 0 Å². The number of phenolic OH excluding ortho intramolecular Hbond substituents is 1. The summed E-state index contributed by atoms with van der Waals surface area (Å²) in [5.74, 6) is -1.37. The maximum Gasteiger partial charge on any atom is 0.410 e. The first-order valence-corrected chi connectivity index (χ1v) is 30.5. The molecule has 0 unspecified atom stereocenters. The fourth-order valence-corrected chi connectivity index (χ4v) is 13.3. The molecular formula is C63H77ClFN9O9S. The molecular weight excluding hydrogens is 1110 g/mol. The summed E-state index contributed by atoms with van der Waals surface area (Å²) in [6.45, 7) is 17.9. The minimum absolute atomic E-state index is 0.0210. The molecule has 6 aromatic rings. The van der Waals surface area contributed by atoms with E-state index in [1.807, 2.05) is 114 Å². The molecule has 4 N–H and O–H groups in total. The lowest BCUT2D eigenvalue weighted by Crippen LogP contribution is -2.58. The number of aliphatic hydroxyl groups excluding tert-OH is 1. The van der Waals surface area contributed by atoms with E-state index in [9.17, 15) is 29.4 Å². The van der Waals surface area contributed by atoms with Gasteiger partial charge in [0.15, 0.2) is 5.82 Å². The van der Waals surface area contributed by atoms with Crippen molar-refractivity contribution in [2.45, 2.75) is 136 Å². The largest absolute Gasteiger partial charge is 0.508 e. The van der Waals surface area contributed by atoms with Gasteiger partial charge < -0.3 is 49.8 Å². The highest BCUT2D eigenvalue weighted by Crippen LogP contribution is 2.43. The Balaban J connectivity index is 0.763. The number of anilines is 1. The molecule has 4 aliphatic rings. The second kappa shape index (κ2) is 25.1. The number of piperidine rings is 1. The van der Waals surface area contributed by atoms with Crippen LogP contribution in [0.15, 0.2) is 72.2 Å². The van der Waals surface area contributed by atoms with E-state index in [4.69, 9.17) is 35.8 Å².